The van der Waals surface area contributed by atoms with Crippen molar-refractivity contribution in [1.82, 2.24) is 5.32 Å². The van der Waals surface area contributed by atoms with E-state index in [0.29, 0.717) is 6.54 Å². The molecule has 0 aliphatic rings. The minimum Gasteiger partial charge on any atom is -0.361 e. The second-order valence-electron chi connectivity index (χ2n) is 3.21. The molecule has 0 unspecified atom stereocenters. The predicted molar refractivity (Wildman–Crippen MR) is 57.0 cm³/mol. The first kappa shape index (κ1) is 11.2. The number of amides is 2. The summed E-state index contributed by atoms with van der Waals surface area (Å²) in [5, 5.41) is 2.44. The number of rotatable bonds is 4. The lowest BCUT2D eigenvalue weighted by atomic mass is 10.1. The van der Waals surface area contributed by atoms with Crippen molar-refractivity contribution in [3.05, 3.63) is 35.9 Å². The van der Waals surface area contributed by atoms with E-state index >= 15 is 0 Å². The molecule has 3 N–H and O–H groups in total. The van der Waals surface area contributed by atoms with Crippen LogP contribution in [0.4, 0.5) is 0 Å². The molecule has 0 aliphatic heterocycles. The van der Waals surface area contributed by atoms with Gasteiger partial charge in [-0.05, 0) is 18.4 Å². The SMILES string of the molecule is NC(=O)C(=O)NCCCc1ccccc1. The van der Waals surface area contributed by atoms with Gasteiger partial charge in [-0.15, -0.1) is 0 Å². The molecule has 0 saturated heterocycles. The number of benzene rings is 1. The van der Waals surface area contributed by atoms with Crippen molar-refractivity contribution in [3.8, 4) is 0 Å². The fraction of sp³-hybridized carbons (Fsp3) is 0.273. The molecule has 80 valence electrons. The van der Waals surface area contributed by atoms with E-state index in [2.05, 4.69) is 5.32 Å². The number of nitrogens with two attached hydrogens (primary N) is 1. The molecule has 0 bridgehead atoms. The van der Waals surface area contributed by atoms with Crippen LogP contribution in [-0.4, -0.2) is 18.4 Å². The lowest BCUT2D eigenvalue weighted by Crippen LogP contribution is -2.36. The lowest BCUT2D eigenvalue weighted by Gasteiger charge is -2.02. The highest BCUT2D eigenvalue weighted by molar-refractivity contribution is 6.34. The Morgan fingerprint density at radius 3 is 2.47 bits per heavy atom. The monoisotopic (exact) mass is 206 g/mol. The van der Waals surface area contributed by atoms with Crippen LogP contribution in [0.1, 0.15) is 12.0 Å². The van der Waals surface area contributed by atoms with Gasteiger partial charge in [-0.25, -0.2) is 0 Å². The van der Waals surface area contributed by atoms with E-state index in [1.54, 1.807) is 0 Å². The molecule has 4 nitrogen and oxygen atoms in total. The molecule has 1 rings (SSSR count). The Kier molecular flexibility index (Phi) is 4.34. The van der Waals surface area contributed by atoms with E-state index in [9.17, 15) is 9.59 Å². The van der Waals surface area contributed by atoms with Crippen LogP contribution in [0.15, 0.2) is 30.3 Å². The summed E-state index contributed by atoms with van der Waals surface area (Å²) in [5.41, 5.74) is 5.99. The van der Waals surface area contributed by atoms with E-state index < -0.39 is 11.8 Å². The Morgan fingerprint density at radius 2 is 1.87 bits per heavy atom. The molecule has 0 atom stereocenters. The highest BCUT2D eigenvalue weighted by Crippen LogP contribution is 2.01. The second-order valence-corrected chi connectivity index (χ2v) is 3.21. The highest BCUT2D eigenvalue weighted by atomic mass is 16.2. The fourth-order valence-electron chi connectivity index (χ4n) is 1.23. The molecule has 2 amide bonds. The number of hydrogen-bond acceptors (Lipinski definition) is 2. The number of aryl methyl sites for hydroxylation is 1. The van der Waals surface area contributed by atoms with Crippen molar-refractivity contribution in [2.45, 2.75) is 12.8 Å². The van der Waals surface area contributed by atoms with Crippen molar-refractivity contribution in [2.75, 3.05) is 6.54 Å². The third-order valence-electron chi connectivity index (χ3n) is 1.99. The zero-order chi connectivity index (χ0) is 11.1. The third kappa shape index (κ3) is 4.26. The largest absolute Gasteiger partial charge is 0.361 e. The molecule has 0 spiro atoms. The van der Waals surface area contributed by atoms with E-state index in [4.69, 9.17) is 5.73 Å². The highest BCUT2D eigenvalue weighted by Gasteiger charge is 2.05. The molecule has 0 aromatic heterocycles. The van der Waals surface area contributed by atoms with Gasteiger partial charge in [0.05, 0.1) is 0 Å². The van der Waals surface area contributed by atoms with E-state index in [-0.39, 0.29) is 0 Å². The minimum atomic E-state index is -0.935. The Morgan fingerprint density at radius 1 is 1.20 bits per heavy atom. The number of carbonyl (C=O) groups excluding carboxylic acids is 2. The topological polar surface area (TPSA) is 72.2 Å². The number of hydrogen-bond donors (Lipinski definition) is 2. The van der Waals surface area contributed by atoms with Crippen LogP contribution in [0.3, 0.4) is 0 Å². The Balaban J connectivity index is 2.18. The first-order valence-corrected chi connectivity index (χ1v) is 4.81. The van der Waals surface area contributed by atoms with Crippen LogP contribution >= 0.6 is 0 Å². The van der Waals surface area contributed by atoms with Crippen LogP contribution in [0, 0.1) is 0 Å². The molecule has 1 aromatic rings. The summed E-state index contributed by atoms with van der Waals surface area (Å²) in [7, 11) is 0. The van der Waals surface area contributed by atoms with Crippen molar-refractivity contribution in [1.29, 1.82) is 0 Å². The van der Waals surface area contributed by atoms with Gasteiger partial charge in [0.2, 0.25) is 0 Å². The van der Waals surface area contributed by atoms with Crippen molar-refractivity contribution in [3.63, 3.8) is 0 Å². The zero-order valence-electron chi connectivity index (χ0n) is 8.40. The second kappa shape index (κ2) is 5.80. The number of primary amides is 1. The molecule has 15 heavy (non-hydrogen) atoms. The lowest BCUT2D eigenvalue weighted by molar-refractivity contribution is -0.137. The third-order valence-corrected chi connectivity index (χ3v) is 1.99. The molecule has 4 heteroatoms. The molecular weight excluding hydrogens is 192 g/mol. The Bertz CT molecular complexity index is 336. The van der Waals surface area contributed by atoms with Gasteiger partial charge in [0.25, 0.3) is 0 Å². The summed E-state index contributed by atoms with van der Waals surface area (Å²) >= 11 is 0. The van der Waals surface area contributed by atoms with Gasteiger partial charge in [-0.3, -0.25) is 9.59 Å². The van der Waals surface area contributed by atoms with Gasteiger partial charge in [0, 0.05) is 6.54 Å². The first-order chi connectivity index (χ1) is 7.20. The quantitative estimate of drug-likeness (QED) is 0.546. The van der Waals surface area contributed by atoms with Gasteiger partial charge in [0.1, 0.15) is 0 Å². The smallest absolute Gasteiger partial charge is 0.309 e. The van der Waals surface area contributed by atoms with Gasteiger partial charge in [0.15, 0.2) is 0 Å². The van der Waals surface area contributed by atoms with E-state index in [1.807, 2.05) is 30.3 Å². The van der Waals surface area contributed by atoms with Crippen LogP contribution in [0.2, 0.25) is 0 Å². The molecule has 0 aliphatic carbocycles. The van der Waals surface area contributed by atoms with Gasteiger partial charge < -0.3 is 11.1 Å². The van der Waals surface area contributed by atoms with E-state index in [0.717, 1.165) is 12.8 Å². The fourth-order valence-corrected chi connectivity index (χ4v) is 1.23. The summed E-state index contributed by atoms with van der Waals surface area (Å²) in [6.45, 7) is 0.469. The minimum absolute atomic E-state index is 0.469. The summed E-state index contributed by atoms with van der Waals surface area (Å²) in [6, 6.07) is 9.94. The summed E-state index contributed by atoms with van der Waals surface area (Å²) in [5.74, 6) is -1.65. The summed E-state index contributed by atoms with van der Waals surface area (Å²) < 4.78 is 0. The maximum atomic E-state index is 10.8. The van der Waals surface area contributed by atoms with Crippen LogP contribution < -0.4 is 11.1 Å². The average molecular weight is 206 g/mol. The van der Waals surface area contributed by atoms with Gasteiger partial charge >= 0.3 is 11.8 Å². The van der Waals surface area contributed by atoms with Crippen LogP contribution in [0.25, 0.3) is 0 Å². The maximum absolute atomic E-state index is 10.8. The van der Waals surface area contributed by atoms with E-state index in [1.165, 1.54) is 5.56 Å². The Hall–Kier alpha value is -1.84. The molecule has 0 heterocycles. The van der Waals surface area contributed by atoms with Crippen molar-refractivity contribution >= 4 is 11.8 Å². The maximum Gasteiger partial charge on any atom is 0.309 e. The van der Waals surface area contributed by atoms with Crippen LogP contribution in [0.5, 0.6) is 0 Å². The normalized spacial score (nSPS) is 9.60. The molecule has 0 fully saturated rings. The first-order valence-electron chi connectivity index (χ1n) is 4.81. The van der Waals surface area contributed by atoms with Crippen molar-refractivity contribution < 1.29 is 9.59 Å². The average Bonchev–Trinajstić information content (AvgIpc) is 2.25. The number of carbonyl (C=O) groups is 2. The standard InChI is InChI=1S/C11H14N2O2/c12-10(14)11(15)13-8-4-7-9-5-2-1-3-6-9/h1-3,5-6H,4,7-8H2,(H2,12,14)(H,13,15). The molecule has 0 saturated carbocycles. The molecule has 0 radical (unpaired) electrons. The Labute approximate surface area is 88.5 Å². The summed E-state index contributed by atoms with van der Waals surface area (Å²) in [6.07, 6.45) is 1.67. The number of nitrogens with one attached hydrogen (secondary N) is 1. The van der Waals surface area contributed by atoms with Crippen molar-refractivity contribution in [2.24, 2.45) is 5.73 Å². The zero-order valence-corrected chi connectivity index (χ0v) is 8.40. The predicted octanol–water partition coefficient (Wildman–Crippen LogP) is 0.221. The summed E-state index contributed by atoms with van der Waals surface area (Å²) in [4.78, 5) is 21.1. The van der Waals surface area contributed by atoms with Gasteiger partial charge in [-0.2, -0.15) is 0 Å². The van der Waals surface area contributed by atoms with Gasteiger partial charge in [-0.1, -0.05) is 30.3 Å². The molecular formula is C11H14N2O2. The van der Waals surface area contributed by atoms with Crippen LogP contribution in [-0.2, 0) is 16.0 Å². The molecule has 1 aromatic carbocycles.